The molecule has 3 heterocycles. The molecule has 2 fully saturated rings. The van der Waals surface area contributed by atoms with Crippen molar-refractivity contribution in [2.24, 2.45) is 0 Å². The van der Waals surface area contributed by atoms with Crippen LogP contribution in [0.2, 0.25) is 0 Å². The monoisotopic (exact) mass is 294 g/mol. The minimum atomic E-state index is -0.659. The Labute approximate surface area is 124 Å². The van der Waals surface area contributed by atoms with Crippen molar-refractivity contribution in [2.75, 3.05) is 19.8 Å². The van der Waals surface area contributed by atoms with Gasteiger partial charge in [-0.1, -0.05) is 0 Å². The molecule has 1 aromatic heterocycles. The standard InChI is InChI=1S/C15H22N2O4/c18-13(14-4-2-7-21-14)9-12-3-1-6-17(12)15(19)16-11-5-8-20-10-11/h2,4,7,11-13,18H,1,3,5-6,8-10H2,(H,16,19). The van der Waals surface area contributed by atoms with Gasteiger partial charge >= 0.3 is 6.03 Å². The average molecular weight is 294 g/mol. The summed E-state index contributed by atoms with van der Waals surface area (Å²) in [5.74, 6) is 0.562. The highest BCUT2D eigenvalue weighted by Crippen LogP contribution is 2.27. The normalized spacial score (nSPS) is 27.0. The molecule has 0 radical (unpaired) electrons. The van der Waals surface area contributed by atoms with Crippen molar-refractivity contribution >= 4 is 6.03 Å². The van der Waals surface area contributed by atoms with Gasteiger partial charge in [-0.15, -0.1) is 0 Å². The lowest BCUT2D eigenvalue weighted by Crippen LogP contribution is -2.47. The van der Waals surface area contributed by atoms with Crippen LogP contribution in [0.5, 0.6) is 0 Å². The van der Waals surface area contributed by atoms with E-state index in [1.165, 1.54) is 0 Å². The summed E-state index contributed by atoms with van der Waals surface area (Å²) in [6.45, 7) is 2.06. The number of hydrogen-bond acceptors (Lipinski definition) is 4. The molecule has 2 N–H and O–H groups in total. The number of furan rings is 1. The summed E-state index contributed by atoms with van der Waals surface area (Å²) in [4.78, 5) is 14.2. The molecule has 1 aromatic rings. The zero-order valence-electron chi connectivity index (χ0n) is 12.0. The van der Waals surface area contributed by atoms with Crippen molar-refractivity contribution in [3.8, 4) is 0 Å². The molecular weight excluding hydrogens is 272 g/mol. The van der Waals surface area contributed by atoms with Gasteiger partial charge < -0.3 is 24.5 Å². The number of amides is 2. The SMILES string of the molecule is O=C(NC1CCOC1)N1CCCC1CC(O)c1ccco1. The summed E-state index contributed by atoms with van der Waals surface area (Å²) < 4.78 is 10.5. The lowest BCUT2D eigenvalue weighted by molar-refractivity contribution is 0.107. The first-order valence-electron chi connectivity index (χ1n) is 7.60. The number of carbonyl (C=O) groups excluding carboxylic acids is 1. The highest BCUT2D eigenvalue weighted by Gasteiger charge is 2.32. The molecule has 2 aliphatic heterocycles. The van der Waals surface area contributed by atoms with E-state index in [1.54, 1.807) is 18.4 Å². The van der Waals surface area contributed by atoms with E-state index in [1.807, 2.05) is 4.90 Å². The number of nitrogens with zero attached hydrogens (tertiary/aromatic N) is 1. The Bertz CT molecular complexity index is 456. The maximum atomic E-state index is 12.3. The molecule has 21 heavy (non-hydrogen) atoms. The molecule has 0 bridgehead atoms. The van der Waals surface area contributed by atoms with Crippen LogP contribution in [0.3, 0.4) is 0 Å². The second-order valence-electron chi connectivity index (χ2n) is 5.77. The Morgan fingerprint density at radius 3 is 3.14 bits per heavy atom. The zero-order valence-corrected chi connectivity index (χ0v) is 12.0. The van der Waals surface area contributed by atoms with Crippen molar-refractivity contribution in [1.29, 1.82) is 0 Å². The summed E-state index contributed by atoms with van der Waals surface area (Å²) in [6, 6.07) is 3.67. The predicted octanol–water partition coefficient (Wildman–Crippen LogP) is 1.67. The van der Waals surface area contributed by atoms with E-state index >= 15 is 0 Å². The molecule has 0 aliphatic carbocycles. The first-order chi connectivity index (χ1) is 10.2. The van der Waals surface area contributed by atoms with E-state index in [-0.39, 0.29) is 18.1 Å². The molecule has 0 saturated carbocycles. The molecule has 0 aromatic carbocycles. The Morgan fingerprint density at radius 2 is 2.43 bits per heavy atom. The first-order valence-corrected chi connectivity index (χ1v) is 7.60. The number of hydrogen-bond donors (Lipinski definition) is 2. The molecule has 2 saturated heterocycles. The van der Waals surface area contributed by atoms with Crippen molar-refractivity contribution in [1.82, 2.24) is 10.2 Å². The third kappa shape index (κ3) is 3.39. The number of carbonyl (C=O) groups is 1. The fraction of sp³-hybridized carbons (Fsp3) is 0.667. The van der Waals surface area contributed by atoms with Crippen LogP contribution in [0.25, 0.3) is 0 Å². The van der Waals surface area contributed by atoms with Crippen molar-refractivity contribution in [3.63, 3.8) is 0 Å². The highest BCUT2D eigenvalue weighted by molar-refractivity contribution is 5.75. The van der Waals surface area contributed by atoms with Gasteiger partial charge in [0.1, 0.15) is 11.9 Å². The smallest absolute Gasteiger partial charge is 0.317 e. The van der Waals surface area contributed by atoms with Crippen molar-refractivity contribution in [2.45, 2.75) is 43.9 Å². The lowest BCUT2D eigenvalue weighted by Gasteiger charge is -2.27. The number of ether oxygens (including phenoxy) is 1. The van der Waals surface area contributed by atoms with Crippen LogP contribution in [0.4, 0.5) is 4.79 Å². The van der Waals surface area contributed by atoms with Crippen molar-refractivity contribution < 1.29 is 19.1 Å². The van der Waals surface area contributed by atoms with E-state index in [4.69, 9.17) is 9.15 Å². The lowest BCUT2D eigenvalue weighted by atomic mass is 10.1. The fourth-order valence-electron chi connectivity index (χ4n) is 3.11. The third-order valence-corrected chi connectivity index (χ3v) is 4.26. The highest BCUT2D eigenvalue weighted by atomic mass is 16.5. The number of likely N-dealkylation sites (tertiary alicyclic amines) is 1. The molecule has 3 atom stereocenters. The van der Waals surface area contributed by atoms with Gasteiger partial charge in [-0.05, 0) is 31.4 Å². The van der Waals surface area contributed by atoms with E-state index in [0.29, 0.717) is 25.4 Å². The molecule has 116 valence electrons. The minimum absolute atomic E-state index is 0.0420. The van der Waals surface area contributed by atoms with Crippen LogP contribution in [0.1, 0.15) is 37.5 Å². The summed E-state index contributed by atoms with van der Waals surface area (Å²) in [7, 11) is 0. The molecular formula is C15H22N2O4. The predicted molar refractivity (Wildman–Crippen MR) is 75.8 cm³/mol. The van der Waals surface area contributed by atoms with Gasteiger partial charge in [0.25, 0.3) is 0 Å². The molecule has 2 amide bonds. The van der Waals surface area contributed by atoms with Crippen LogP contribution in [0, 0.1) is 0 Å². The minimum Gasteiger partial charge on any atom is -0.467 e. The number of aliphatic hydroxyl groups is 1. The van der Waals surface area contributed by atoms with Crippen LogP contribution >= 0.6 is 0 Å². The first kappa shape index (κ1) is 14.4. The van der Waals surface area contributed by atoms with Gasteiger partial charge in [0.05, 0.1) is 18.9 Å². The largest absolute Gasteiger partial charge is 0.467 e. The van der Waals surface area contributed by atoms with E-state index in [2.05, 4.69) is 5.32 Å². The summed E-state index contributed by atoms with van der Waals surface area (Å²) >= 11 is 0. The summed E-state index contributed by atoms with van der Waals surface area (Å²) in [5.41, 5.74) is 0. The molecule has 2 aliphatic rings. The molecule has 6 heteroatoms. The Balaban J connectivity index is 1.55. The maximum Gasteiger partial charge on any atom is 0.317 e. The van der Waals surface area contributed by atoms with Crippen LogP contribution in [-0.4, -0.2) is 47.9 Å². The molecule has 6 nitrogen and oxygen atoms in total. The maximum absolute atomic E-state index is 12.3. The van der Waals surface area contributed by atoms with E-state index in [0.717, 1.165) is 25.8 Å². The Morgan fingerprint density at radius 1 is 1.52 bits per heavy atom. The van der Waals surface area contributed by atoms with Gasteiger partial charge in [0, 0.05) is 25.6 Å². The van der Waals surface area contributed by atoms with E-state index in [9.17, 15) is 9.90 Å². The number of urea groups is 1. The van der Waals surface area contributed by atoms with Gasteiger partial charge in [0.2, 0.25) is 0 Å². The number of nitrogens with one attached hydrogen (secondary N) is 1. The number of aliphatic hydroxyl groups excluding tert-OH is 1. The second-order valence-corrected chi connectivity index (χ2v) is 5.77. The molecule has 3 unspecified atom stereocenters. The Kier molecular flexibility index (Phi) is 4.45. The second kappa shape index (κ2) is 6.49. The number of rotatable bonds is 4. The quantitative estimate of drug-likeness (QED) is 0.885. The van der Waals surface area contributed by atoms with E-state index < -0.39 is 6.10 Å². The molecule has 3 rings (SSSR count). The van der Waals surface area contributed by atoms with Crippen LogP contribution in [0.15, 0.2) is 22.8 Å². The zero-order chi connectivity index (χ0) is 14.7. The summed E-state index contributed by atoms with van der Waals surface area (Å²) in [6.07, 6.45) is 4.18. The van der Waals surface area contributed by atoms with Gasteiger partial charge in [0.15, 0.2) is 0 Å². The van der Waals surface area contributed by atoms with Crippen LogP contribution in [-0.2, 0) is 4.74 Å². The van der Waals surface area contributed by atoms with Gasteiger partial charge in [-0.25, -0.2) is 4.79 Å². The summed E-state index contributed by atoms with van der Waals surface area (Å²) in [5, 5.41) is 13.2. The molecule has 0 spiro atoms. The average Bonchev–Trinajstić information content (AvgIpc) is 3.21. The van der Waals surface area contributed by atoms with Crippen molar-refractivity contribution in [3.05, 3.63) is 24.2 Å². The van der Waals surface area contributed by atoms with Gasteiger partial charge in [-0.3, -0.25) is 0 Å². The Hall–Kier alpha value is -1.53. The topological polar surface area (TPSA) is 74.9 Å². The third-order valence-electron chi connectivity index (χ3n) is 4.26. The van der Waals surface area contributed by atoms with Gasteiger partial charge in [-0.2, -0.15) is 0 Å². The fourth-order valence-corrected chi connectivity index (χ4v) is 3.11. The van der Waals surface area contributed by atoms with Crippen LogP contribution < -0.4 is 5.32 Å².